The number of nitrogens with one attached hydrogen (secondary N) is 1. The molecule has 0 bridgehead atoms. The molecule has 154 valence electrons. The highest BCUT2D eigenvalue weighted by molar-refractivity contribution is 9.10. The van der Waals surface area contributed by atoms with Gasteiger partial charge < -0.3 is 20.5 Å². The first kappa shape index (κ1) is 19.2. The summed E-state index contributed by atoms with van der Waals surface area (Å²) in [6, 6.07) is 0.514. The number of halogens is 1. The third kappa shape index (κ3) is 3.39. The predicted octanol–water partition coefficient (Wildman–Crippen LogP) is 3.61. The van der Waals surface area contributed by atoms with E-state index in [1.54, 1.807) is 0 Å². The molecule has 2 fully saturated rings. The third-order valence-corrected chi connectivity index (χ3v) is 7.14. The summed E-state index contributed by atoms with van der Waals surface area (Å²) in [5.74, 6) is 0. The SMILES string of the molecule is CN1CCCC1C1=CN(c2c[nH]c3ncc(Br)c(N4CCC(C)(N)C4)c23)CC=C1. The first-order valence-electron chi connectivity index (χ1n) is 10.5. The lowest BCUT2D eigenvalue weighted by atomic mass is 10.0. The molecular formula is C22H29BrN6. The Balaban J connectivity index is 1.57. The van der Waals surface area contributed by atoms with E-state index in [4.69, 9.17) is 5.73 Å². The Morgan fingerprint density at radius 3 is 2.93 bits per heavy atom. The van der Waals surface area contributed by atoms with Crippen molar-refractivity contribution in [3.63, 3.8) is 0 Å². The standard InChI is InChI=1S/C22H29BrN6/c1-22(24)7-10-29(14-22)20-16(23)11-25-21-19(20)18(12-26-21)28-9-3-5-15(13-28)17-6-4-8-27(17)2/h3,5,11-13,17H,4,6-10,14,24H2,1-2H3,(H,25,26). The van der Waals surface area contributed by atoms with E-state index in [9.17, 15) is 0 Å². The Labute approximate surface area is 180 Å². The van der Waals surface area contributed by atoms with Crippen LogP contribution in [0.2, 0.25) is 0 Å². The normalized spacial score (nSPS) is 28.0. The average Bonchev–Trinajstić information content (AvgIpc) is 3.40. The Morgan fingerprint density at radius 2 is 2.21 bits per heavy atom. The number of likely N-dealkylation sites (tertiary alicyclic amines) is 1. The maximum Gasteiger partial charge on any atom is 0.141 e. The van der Waals surface area contributed by atoms with Crippen LogP contribution in [0.1, 0.15) is 26.2 Å². The predicted molar refractivity (Wildman–Crippen MR) is 123 cm³/mol. The molecule has 3 aliphatic heterocycles. The molecule has 2 saturated heterocycles. The van der Waals surface area contributed by atoms with Gasteiger partial charge in [0.2, 0.25) is 0 Å². The highest BCUT2D eigenvalue weighted by Gasteiger charge is 2.33. The van der Waals surface area contributed by atoms with Crippen molar-refractivity contribution < 1.29 is 0 Å². The number of hydrogen-bond acceptors (Lipinski definition) is 5. The van der Waals surface area contributed by atoms with E-state index >= 15 is 0 Å². The number of aromatic nitrogens is 2. The fraction of sp³-hybridized carbons (Fsp3) is 0.500. The Kier molecular flexibility index (Phi) is 4.72. The largest absolute Gasteiger partial charge is 0.368 e. The van der Waals surface area contributed by atoms with Crippen molar-refractivity contribution in [1.29, 1.82) is 0 Å². The molecule has 6 nitrogen and oxygen atoms in total. The van der Waals surface area contributed by atoms with Gasteiger partial charge in [-0.15, -0.1) is 0 Å². The van der Waals surface area contributed by atoms with E-state index in [0.717, 1.165) is 36.2 Å². The molecule has 7 heteroatoms. The van der Waals surface area contributed by atoms with Crippen LogP contribution in [0.3, 0.4) is 0 Å². The second-order valence-corrected chi connectivity index (χ2v) is 9.85. The minimum atomic E-state index is -0.153. The van der Waals surface area contributed by atoms with Crippen molar-refractivity contribution in [2.24, 2.45) is 5.73 Å². The molecule has 2 aromatic rings. The van der Waals surface area contributed by atoms with E-state index in [2.05, 4.69) is 79.1 Å². The van der Waals surface area contributed by atoms with Crippen LogP contribution in [-0.2, 0) is 0 Å². The molecule has 0 amide bonds. The van der Waals surface area contributed by atoms with Gasteiger partial charge in [-0.05, 0) is 61.3 Å². The van der Waals surface area contributed by atoms with Crippen molar-refractivity contribution in [3.05, 3.63) is 40.8 Å². The number of anilines is 2. The van der Waals surface area contributed by atoms with E-state index < -0.39 is 0 Å². The summed E-state index contributed by atoms with van der Waals surface area (Å²) in [7, 11) is 2.23. The van der Waals surface area contributed by atoms with Gasteiger partial charge in [0.15, 0.2) is 0 Å². The van der Waals surface area contributed by atoms with Gasteiger partial charge in [-0.1, -0.05) is 12.2 Å². The summed E-state index contributed by atoms with van der Waals surface area (Å²) in [6.45, 7) is 6.00. The fourth-order valence-corrected chi connectivity index (χ4v) is 5.58. The molecule has 5 heterocycles. The molecule has 0 spiro atoms. The van der Waals surface area contributed by atoms with Crippen LogP contribution in [0.4, 0.5) is 11.4 Å². The summed E-state index contributed by atoms with van der Waals surface area (Å²) in [6.07, 6.45) is 14.4. The number of H-pyrrole nitrogens is 1. The molecule has 2 unspecified atom stereocenters. The zero-order valence-electron chi connectivity index (χ0n) is 17.2. The second kappa shape index (κ2) is 7.15. The van der Waals surface area contributed by atoms with Crippen molar-refractivity contribution >= 4 is 38.3 Å². The molecule has 3 N–H and O–H groups in total. The number of nitrogens with two attached hydrogens (primary N) is 1. The molecule has 0 aromatic carbocycles. The van der Waals surface area contributed by atoms with Crippen LogP contribution in [0, 0.1) is 0 Å². The monoisotopic (exact) mass is 456 g/mol. The lowest BCUT2D eigenvalue weighted by molar-refractivity contribution is 0.348. The van der Waals surface area contributed by atoms with Crippen molar-refractivity contribution in [2.75, 3.05) is 43.0 Å². The lowest BCUT2D eigenvalue weighted by Crippen LogP contribution is -2.39. The summed E-state index contributed by atoms with van der Waals surface area (Å²) >= 11 is 3.77. The third-order valence-electron chi connectivity index (χ3n) is 6.56. The van der Waals surface area contributed by atoms with Gasteiger partial charge in [0.05, 0.1) is 21.2 Å². The van der Waals surface area contributed by atoms with E-state index in [-0.39, 0.29) is 5.54 Å². The highest BCUT2D eigenvalue weighted by atomic mass is 79.9. The van der Waals surface area contributed by atoms with Crippen LogP contribution in [0.15, 0.2) is 40.8 Å². The van der Waals surface area contributed by atoms with Gasteiger partial charge >= 0.3 is 0 Å². The van der Waals surface area contributed by atoms with E-state index in [0.29, 0.717) is 6.04 Å². The molecule has 3 aliphatic rings. The zero-order chi connectivity index (χ0) is 20.2. The van der Waals surface area contributed by atoms with Crippen LogP contribution in [-0.4, -0.2) is 59.7 Å². The molecule has 0 aliphatic carbocycles. The molecular weight excluding hydrogens is 428 g/mol. The number of fused-ring (bicyclic) bond motifs is 1. The minimum Gasteiger partial charge on any atom is -0.368 e. The van der Waals surface area contributed by atoms with Gasteiger partial charge in [0.1, 0.15) is 5.65 Å². The van der Waals surface area contributed by atoms with Crippen molar-refractivity contribution in [1.82, 2.24) is 14.9 Å². The lowest BCUT2D eigenvalue weighted by Gasteiger charge is -2.29. The van der Waals surface area contributed by atoms with Crippen LogP contribution in [0.25, 0.3) is 11.0 Å². The zero-order valence-corrected chi connectivity index (χ0v) is 18.7. The molecule has 2 atom stereocenters. The number of likely N-dealkylation sites (N-methyl/N-ethyl adjacent to an activating group) is 1. The maximum absolute atomic E-state index is 6.44. The molecule has 2 aromatic heterocycles. The van der Waals surface area contributed by atoms with E-state index in [1.165, 1.54) is 41.7 Å². The first-order chi connectivity index (χ1) is 13.9. The van der Waals surface area contributed by atoms with E-state index in [1.807, 2.05) is 6.20 Å². The average molecular weight is 457 g/mol. The Morgan fingerprint density at radius 1 is 1.34 bits per heavy atom. The number of nitrogens with zero attached hydrogens (tertiary/aromatic N) is 4. The van der Waals surface area contributed by atoms with Crippen molar-refractivity contribution in [3.8, 4) is 0 Å². The molecule has 29 heavy (non-hydrogen) atoms. The Bertz CT molecular complexity index is 991. The Hall–Kier alpha value is -1.83. The number of pyridine rings is 1. The highest BCUT2D eigenvalue weighted by Crippen LogP contribution is 2.42. The molecule has 5 rings (SSSR count). The summed E-state index contributed by atoms with van der Waals surface area (Å²) in [5, 5.41) is 1.17. The van der Waals surface area contributed by atoms with Gasteiger partial charge in [-0.2, -0.15) is 0 Å². The second-order valence-electron chi connectivity index (χ2n) is 9.00. The number of aromatic amines is 1. The minimum absolute atomic E-state index is 0.153. The summed E-state index contributed by atoms with van der Waals surface area (Å²) in [4.78, 5) is 15.3. The summed E-state index contributed by atoms with van der Waals surface area (Å²) in [5.41, 5.74) is 11.0. The quantitative estimate of drug-likeness (QED) is 0.738. The maximum atomic E-state index is 6.44. The smallest absolute Gasteiger partial charge is 0.141 e. The van der Waals surface area contributed by atoms with Crippen LogP contribution >= 0.6 is 15.9 Å². The fourth-order valence-electron chi connectivity index (χ4n) is 5.02. The van der Waals surface area contributed by atoms with Gasteiger partial charge in [0, 0.05) is 49.8 Å². The number of hydrogen-bond donors (Lipinski definition) is 2. The number of rotatable bonds is 3. The molecule has 0 saturated carbocycles. The molecule has 0 radical (unpaired) electrons. The van der Waals surface area contributed by atoms with Gasteiger partial charge in [-0.25, -0.2) is 4.98 Å². The summed E-state index contributed by atoms with van der Waals surface area (Å²) < 4.78 is 1.02. The van der Waals surface area contributed by atoms with Gasteiger partial charge in [0.25, 0.3) is 0 Å². The van der Waals surface area contributed by atoms with Gasteiger partial charge in [-0.3, -0.25) is 4.90 Å². The van der Waals surface area contributed by atoms with Crippen LogP contribution in [0.5, 0.6) is 0 Å². The first-order valence-corrected chi connectivity index (χ1v) is 11.3. The topological polar surface area (TPSA) is 64.4 Å². The van der Waals surface area contributed by atoms with Crippen molar-refractivity contribution in [2.45, 2.75) is 37.8 Å². The van der Waals surface area contributed by atoms with Crippen LogP contribution < -0.4 is 15.5 Å².